The molecule has 0 spiro atoms. The highest BCUT2D eigenvalue weighted by Gasteiger charge is 2.41. The van der Waals surface area contributed by atoms with E-state index in [1.54, 1.807) is 62.4 Å². The molecule has 3 atom stereocenters. The van der Waals surface area contributed by atoms with Gasteiger partial charge in [0.1, 0.15) is 51.1 Å². The van der Waals surface area contributed by atoms with Gasteiger partial charge in [0, 0.05) is 76.2 Å². The summed E-state index contributed by atoms with van der Waals surface area (Å²) in [6.45, 7) is 5.59. The van der Waals surface area contributed by atoms with E-state index in [1.165, 1.54) is 108 Å². The number of ether oxygens (including phenoxy) is 3. The third-order valence-corrected chi connectivity index (χ3v) is 20.6. The standard InChI is InChI=1S/C27H29NO7.C18H24N4O3.C18H20N2S.C14H9N5O/c1-28(2)26(31)14-33-18-11-20(29)27-21(30)13-23(35-25(27)12-18)17-6-7-22(32-3)24(10-17)34-19-8-15-4-5-16(15)9-19;1-3-15-14-9-8-12(18(24)19-11(2)17(23)21-25)10-16(14)22(20-15)13-6-4-5-7-13;1-2-16-15-10-9-13(18-8-5-11-21-18)12-17(15)20(19-16)14-6-3-4-7-14;15-12-7-8-2-1-5-16-13(8)14(17-12)9-3-4-10-11(6-9)19-20-18-10/h6-7,10-13,15-16,19,29H,4-5,8-9,14H2,1-3H3;8-11,13,25H,3-7H2,1-2H3,(H,19,24)(H,21,23);5,8-12,14H,2-4,6-7H2,1H3;1-7H,(H2,15,17). The predicted octanol–water partition coefficient (Wildman–Crippen LogP) is 14.4. The fraction of sp³-hybridized carbons (Fsp3) is 0.351. The largest absolute Gasteiger partial charge is 0.507 e. The Morgan fingerprint density at radius 1 is 0.752 bits per heavy atom. The number of thiophene rings is 1. The lowest BCUT2D eigenvalue weighted by atomic mass is 9.77. The lowest BCUT2D eigenvalue weighted by molar-refractivity contribution is -0.131. The van der Waals surface area contributed by atoms with Gasteiger partial charge in [-0.2, -0.15) is 10.2 Å². The number of nitrogens with one attached hydrogen (secondary N) is 2. The molecule has 0 bridgehead atoms. The highest BCUT2D eigenvalue weighted by Crippen LogP contribution is 2.49. The summed E-state index contributed by atoms with van der Waals surface area (Å²) in [6.07, 6.45) is 18.3. The summed E-state index contributed by atoms with van der Waals surface area (Å²) in [5.41, 5.74) is 18.0. The molecule has 0 aliphatic heterocycles. The first-order valence-electron chi connectivity index (χ1n) is 34.6. The van der Waals surface area contributed by atoms with Crippen LogP contribution in [0.25, 0.3) is 87.7 Å². The second kappa shape index (κ2) is 30.4. The van der Waals surface area contributed by atoms with E-state index in [2.05, 4.69) is 84.5 Å². The van der Waals surface area contributed by atoms with E-state index >= 15 is 0 Å². The van der Waals surface area contributed by atoms with Gasteiger partial charge in [-0.15, -0.1) is 11.3 Å². The smallest absolute Gasteiger partial charge is 0.265 e. The van der Waals surface area contributed by atoms with Gasteiger partial charge in [0.2, 0.25) is 0 Å². The number of aromatic nitrogens is 8. The van der Waals surface area contributed by atoms with Gasteiger partial charge in [-0.05, 0) is 171 Å². The fourth-order valence-electron chi connectivity index (χ4n) is 14.2. The number of likely N-dealkylation sites (N-methyl/N-ethyl adjacent to an activating group) is 1. The molecule has 16 rings (SSSR count). The van der Waals surface area contributed by atoms with E-state index in [0.29, 0.717) is 57.3 Å². The molecular weight excluding hydrogens is 1300 g/mol. The quantitative estimate of drug-likeness (QED) is 0.0443. The van der Waals surface area contributed by atoms with Crippen molar-refractivity contribution in [3.63, 3.8) is 0 Å². The van der Waals surface area contributed by atoms with Crippen molar-refractivity contribution in [3.05, 3.63) is 160 Å². The molecule has 12 aromatic rings. The first kappa shape index (κ1) is 68.8. The average Bonchev–Trinajstić information content (AvgIpc) is 1.73. The van der Waals surface area contributed by atoms with Crippen LogP contribution < -0.4 is 36.2 Å². The van der Waals surface area contributed by atoms with Crippen LogP contribution in [0.1, 0.15) is 132 Å². The van der Waals surface area contributed by atoms with Crippen LogP contribution in [0.5, 0.6) is 23.0 Å². The highest BCUT2D eigenvalue weighted by molar-refractivity contribution is 7.13. The Morgan fingerprint density at radius 2 is 1.43 bits per heavy atom. The Labute approximate surface area is 586 Å². The van der Waals surface area contributed by atoms with Gasteiger partial charge in [-0.3, -0.25) is 38.7 Å². The number of anilines is 1. The van der Waals surface area contributed by atoms with Gasteiger partial charge in [0.25, 0.3) is 17.7 Å². The third-order valence-electron chi connectivity index (χ3n) is 19.7. The molecule has 23 nitrogen and oxygen atoms in total. The van der Waals surface area contributed by atoms with E-state index in [9.17, 15) is 24.3 Å². The van der Waals surface area contributed by atoms with Crippen LogP contribution >= 0.6 is 11.3 Å². The predicted molar refractivity (Wildman–Crippen MR) is 388 cm³/mol. The maximum absolute atomic E-state index is 12.8. The number of benzene rings is 5. The van der Waals surface area contributed by atoms with E-state index in [0.717, 1.165) is 89.1 Å². The molecule has 24 heteroatoms. The van der Waals surface area contributed by atoms with Gasteiger partial charge in [-0.25, -0.2) is 15.1 Å². The molecule has 5 aromatic carbocycles. The number of nitrogens with zero attached hydrogens (tertiary/aromatic N) is 9. The van der Waals surface area contributed by atoms with Crippen LogP contribution in [0.4, 0.5) is 5.82 Å². The highest BCUT2D eigenvalue weighted by atomic mass is 32.1. The van der Waals surface area contributed by atoms with Crippen LogP contribution in [0.2, 0.25) is 0 Å². The van der Waals surface area contributed by atoms with Crippen LogP contribution in [0.15, 0.2) is 147 Å². The summed E-state index contributed by atoms with van der Waals surface area (Å²) in [4.78, 5) is 60.0. The summed E-state index contributed by atoms with van der Waals surface area (Å²) in [7, 11) is 4.85. The van der Waals surface area contributed by atoms with Gasteiger partial charge in [-0.1, -0.05) is 75.9 Å². The van der Waals surface area contributed by atoms with Gasteiger partial charge < -0.3 is 39.7 Å². The zero-order valence-electron chi connectivity index (χ0n) is 57.4. The molecule has 3 unspecified atom stereocenters. The maximum Gasteiger partial charge on any atom is 0.265 e. The Hall–Kier alpha value is -10.7. The van der Waals surface area contributed by atoms with Crippen LogP contribution in [0.3, 0.4) is 0 Å². The number of nitrogen functional groups attached to an aromatic ring is 1. The topological polar surface area (TPSA) is 303 Å². The lowest BCUT2D eigenvalue weighted by Crippen LogP contribution is -2.43. The summed E-state index contributed by atoms with van der Waals surface area (Å²) in [5.74, 6) is 2.26. The molecule has 7 aromatic heterocycles. The molecule has 4 aliphatic rings. The van der Waals surface area contributed by atoms with Crippen LogP contribution in [-0.4, -0.2) is 113 Å². The summed E-state index contributed by atoms with van der Waals surface area (Å²) >= 11 is 1.81. The number of hydrogen-bond acceptors (Lipinski definition) is 19. The molecule has 0 radical (unpaired) electrons. The molecular formula is C77H82N12O11S. The first-order chi connectivity index (χ1) is 49.0. The van der Waals surface area contributed by atoms with Crippen molar-refractivity contribution in [2.24, 2.45) is 11.8 Å². The minimum absolute atomic E-state index is 0.0476. The van der Waals surface area contributed by atoms with Gasteiger partial charge in [0.15, 0.2) is 23.5 Å². The van der Waals surface area contributed by atoms with E-state index in [1.807, 2.05) is 54.6 Å². The summed E-state index contributed by atoms with van der Waals surface area (Å²) in [6, 6.07) is 37.7. The number of phenols is 1. The lowest BCUT2D eigenvalue weighted by Gasteiger charge is -2.28. The number of methoxy groups -OCH3 is 1. The number of aromatic hydroxyl groups is 1. The van der Waals surface area contributed by atoms with Crippen LogP contribution in [-0.2, 0) is 22.4 Å². The van der Waals surface area contributed by atoms with E-state index < -0.39 is 11.9 Å². The van der Waals surface area contributed by atoms with E-state index in [4.69, 9.17) is 44.4 Å². The summed E-state index contributed by atoms with van der Waals surface area (Å²) < 4.78 is 32.4. The average molecular weight is 1380 g/mol. The van der Waals surface area contributed by atoms with Crippen molar-refractivity contribution in [1.29, 1.82) is 0 Å². The molecule has 4 fully saturated rings. The Morgan fingerprint density at radius 3 is 2.08 bits per heavy atom. The van der Waals surface area contributed by atoms with Crippen molar-refractivity contribution in [1.82, 2.24) is 55.5 Å². The van der Waals surface area contributed by atoms with Crippen molar-refractivity contribution in [3.8, 4) is 56.0 Å². The molecule has 522 valence electrons. The second-order valence-corrected chi connectivity index (χ2v) is 27.4. The molecule has 0 saturated heterocycles. The number of amides is 3. The third kappa shape index (κ3) is 15.0. The van der Waals surface area contributed by atoms with Crippen molar-refractivity contribution in [2.45, 2.75) is 135 Å². The van der Waals surface area contributed by atoms with Crippen molar-refractivity contribution < 1.29 is 48.0 Å². The number of fused-ring (bicyclic) bond motifs is 6. The number of hydrogen-bond donors (Lipinski definition) is 5. The van der Waals surface area contributed by atoms with Gasteiger partial charge in [0.05, 0.1) is 58.9 Å². The molecule has 7 heterocycles. The fourth-order valence-corrected chi connectivity index (χ4v) is 14.9. The zero-order valence-corrected chi connectivity index (χ0v) is 58.2. The van der Waals surface area contributed by atoms with Crippen LogP contribution in [0, 0.1) is 11.8 Å². The second-order valence-electron chi connectivity index (χ2n) is 26.5. The monoisotopic (exact) mass is 1380 g/mol. The SMILES string of the molecule is CCc1nn(C2CCCC2)c2cc(-c3cccs3)ccc12.CCc1nn(C2CCCC2)c2cc(C(=O)NC(C)C(=O)NO)ccc12.COc1ccc(-c2cc(=O)c3c(O)cc(OCC(=O)N(C)C)cc3o2)cc1OC1CC2CCC2C1.Nc1cc2cccnc2c(-c2ccc3nonc3c2)n1. The molecule has 4 aliphatic carbocycles. The van der Waals surface area contributed by atoms with Crippen molar-refractivity contribution >= 4 is 89.6 Å². The molecule has 6 N–H and O–H groups in total. The zero-order chi connectivity index (χ0) is 70.4. The number of carbonyl (C=O) groups is 3. The number of phenolic OH excluding ortho intramolecular Hbond substituents is 1. The Balaban J connectivity index is 0.000000124. The molecule has 3 amide bonds. The normalized spacial score (nSPS) is 16.7. The van der Waals surface area contributed by atoms with Crippen molar-refractivity contribution in [2.75, 3.05) is 33.5 Å². The maximum atomic E-state index is 12.8. The minimum Gasteiger partial charge on any atom is -0.507 e. The number of nitrogens with two attached hydrogens (primary N) is 1. The minimum atomic E-state index is -0.820. The molecule has 4 saturated carbocycles. The molecule has 101 heavy (non-hydrogen) atoms. The Kier molecular flexibility index (Phi) is 20.7. The Bertz CT molecular complexity index is 5040. The summed E-state index contributed by atoms with van der Waals surface area (Å²) in [5, 5.41) is 44.6. The number of aryl methyl sites for hydroxylation is 2. The number of hydroxylamine groups is 1. The number of carbonyl (C=O) groups excluding carboxylic acids is 3. The van der Waals surface area contributed by atoms with E-state index in [-0.39, 0.29) is 52.4 Å². The number of pyridine rings is 2. The number of rotatable bonds is 16. The van der Waals surface area contributed by atoms with Gasteiger partial charge >= 0.3 is 0 Å². The first-order valence-corrected chi connectivity index (χ1v) is 35.5.